The average molecular weight is 391 g/mol. The Balaban J connectivity index is 3.39. The van der Waals surface area contributed by atoms with Gasteiger partial charge in [-0.05, 0) is 39.0 Å². The summed E-state index contributed by atoms with van der Waals surface area (Å²) in [6, 6.07) is 6.23. The lowest BCUT2D eigenvalue weighted by Crippen LogP contribution is -2.62. The zero-order valence-electron chi connectivity index (χ0n) is 16.4. The van der Waals surface area contributed by atoms with Gasteiger partial charge in [0.1, 0.15) is 5.75 Å². The van der Waals surface area contributed by atoms with E-state index in [1.54, 1.807) is 32.9 Å². The third kappa shape index (κ3) is 5.67. The number of benzene rings is 1. The zero-order valence-corrected chi connectivity index (χ0v) is 16.4. The Kier molecular flexibility index (Phi) is 8.87. The summed E-state index contributed by atoms with van der Waals surface area (Å²) < 4.78 is 15.0. The molecule has 0 radical (unpaired) electrons. The maximum Gasteiger partial charge on any atom is 0.344 e. The Morgan fingerprint density at radius 1 is 1.07 bits per heavy atom. The predicted octanol–water partition coefficient (Wildman–Crippen LogP) is 1.83. The molecule has 0 atom stereocenters. The highest BCUT2D eigenvalue weighted by Crippen LogP contribution is 2.22. The number of hydrogen-bond acceptors (Lipinski definition) is 7. The van der Waals surface area contributed by atoms with Crippen molar-refractivity contribution in [3.8, 4) is 5.75 Å². The van der Waals surface area contributed by atoms with Gasteiger partial charge in [0.25, 0.3) is 0 Å². The smallest absolute Gasteiger partial charge is 0.344 e. The van der Waals surface area contributed by atoms with Crippen molar-refractivity contribution in [1.82, 2.24) is 5.32 Å². The van der Waals surface area contributed by atoms with Crippen LogP contribution in [0.25, 0.3) is 0 Å². The number of nitrogens with one attached hydrogen (secondary N) is 1. The van der Waals surface area contributed by atoms with Crippen LogP contribution in [0.5, 0.6) is 5.75 Å². The summed E-state index contributed by atoms with van der Waals surface area (Å²) in [5, 5.41) is 2.30. The van der Waals surface area contributed by atoms with Crippen LogP contribution in [0.15, 0.2) is 36.4 Å². The molecule has 0 fully saturated rings. The van der Waals surface area contributed by atoms with E-state index in [0.29, 0.717) is 5.75 Å². The SMILES string of the molecule is C/C=C/C(=O)NC(CC(=O)c1cccc(OC)c1)(C(=O)OCC)C(=O)OCC. The van der Waals surface area contributed by atoms with Gasteiger partial charge in [-0.3, -0.25) is 9.59 Å². The van der Waals surface area contributed by atoms with Gasteiger partial charge in [0, 0.05) is 5.56 Å². The summed E-state index contributed by atoms with van der Waals surface area (Å²) in [5.74, 6) is -3.00. The van der Waals surface area contributed by atoms with Crippen molar-refractivity contribution in [2.45, 2.75) is 32.7 Å². The van der Waals surface area contributed by atoms with Gasteiger partial charge in [-0.15, -0.1) is 0 Å². The van der Waals surface area contributed by atoms with E-state index in [2.05, 4.69) is 5.32 Å². The lowest BCUT2D eigenvalue weighted by Gasteiger charge is -2.29. The van der Waals surface area contributed by atoms with Crippen LogP contribution in [-0.4, -0.2) is 49.5 Å². The number of esters is 2. The van der Waals surface area contributed by atoms with Crippen molar-refractivity contribution in [3.05, 3.63) is 42.0 Å². The maximum absolute atomic E-state index is 12.8. The van der Waals surface area contributed by atoms with Crippen LogP contribution < -0.4 is 10.1 Å². The van der Waals surface area contributed by atoms with Gasteiger partial charge in [0.2, 0.25) is 11.4 Å². The number of ether oxygens (including phenoxy) is 3. The van der Waals surface area contributed by atoms with Gasteiger partial charge in [-0.25, -0.2) is 9.59 Å². The van der Waals surface area contributed by atoms with E-state index < -0.39 is 35.6 Å². The zero-order chi connectivity index (χ0) is 21.2. The standard InChI is InChI=1S/C20H25NO7/c1-5-9-17(23)21-20(18(24)27-6-2,19(25)28-7-3)13-16(22)14-10-8-11-15(12-14)26-4/h5,8-12H,6-7,13H2,1-4H3,(H,21,23)/b9-5+. The summed E-state index contributed by atoms with van der Waals surface area (Å²) in [7, 11) is 1.45. The fourth-order valence-electron chi connectivity index (χ4n) is 2.43. The largest absolute Gasteiger partial charge is 0.497 e. The van der Waals surface area contributed by atoms with Crippen molar-refractivity contribution >= 4 is 23.6 Å². The Morgan fingerprint density at radius 3 is 2.18 bits per heavy atom. The van der Waals surface area contributed by atoms with Crippen LogP contribution in [0.1, 0.15) is 37.6 Å². The van der Waals surface area contributed by atoms with Crippen molar-refractivity contribution in [3.63, 3.8) is 0 Å². The molecule has 0 heterocycles. The number of amides is 1. The molecule has 0 bridgehead atoms. The number of carbonyl (C=O) groups excluding carboxylic acids is 4. The van der Waals surface area contributed by atoms with Crippen LogP contribution in [-0.2, 0) is 23.9 Å². The molecule has 0 aromatic heterocycles. The third-order valence-electron chi connectivity index (χ3n) is 3.72. The lowest BCUT2D eigenvalue weighted by molar-refractivity contribution is -0.167. The highest BCUT2D eigenvalue weighted by Gasteiger charge is 2.52. The number of carbonyl (C=O) groups is 4. The minimum atomic E-state index is -2.30. The fourth-order valence-corrected chi connectivity index (χ4v) is 2.43. The second-order valence-electron chi connectivity index (χ2n) is 5.67. The fraction of sp³-hybridized carbons (Fsp3) is 0.400. The minimum absolute atomic E-state index is 0.0488. The Morgan fingerprint density at radius 2 is 1.68 bits per heavy atom. The summed E-state index contributed by atoms with van der Waals surface area (Å²) in [5.41, 5.74) is -2.10. The van der Waals surface area contributed by atoms with Crippen LogP contribution in [0.2, 0.25) is 0 Å². The molecule has 0 spiro atoms. The number of Topliss-reactive ketones (excluding diaryl/α,β-unsaturated/α-hetero) is 1. The molecule has 152 valence electrons. The van der Waals surface area contributed by atoms with Gasteiger partial charge in [0.05, 0.1) is 26.7 Å². The van der Waals surface area contributed by atoms with Gasteiger partial charge < -0.3 is 19.5 Å². The normalized spacial score (nSPS) is 11.0. The minimum Gasteiger partial charge on any atom is -0.497 e. The first-order chi connectivity index (χ1) is 13.3. The summed E-state index contributed by atoms with van der Waals surface area (Å²) in [6.45, 7) is 4.59. The van der Waals surface area contributed by atoms with E-state index >= 15 is 0 Å². The molecule has 0 saturated heterocycles. The Bertz CT molecular complexity index is 737. The summed E-state index contributed by atoms with van der Waals surface area (Å²) in [6.07, 6.45) is 1.89. The molecular weight excluding hydrogens is 366 g/mol. The van der Waals surface area contributed by atoms with Crippen molar-refractivity contribution in [2.75, 3.05) is 20.3 Å². The van der Waals surface area contributed by atoms with Gasteiger partial charge >= 0.3 is 11.9 Å². The highest BCUT2D eigenvalue weighted by molar-refractivity contribution is 6.14. The molecule has 1 aromatic carbocycles. The topological polar surface area (TPSA) is 108 Å². The second kappa shape index (κ2) is 10.9. The second-order valence-corrected chi connectivity index (χ2v) is 5.67. The molecule has 1 rings (SSSR count). The molecule has 0 aliphatic heterocycles. The van der Waals surface area contributed by atoms with Crippen LogP contribution >= 0.6 is 0 Å². The molecule has 1 N–H and O–H groups in total. The van der Waals surface area contributed by atoms with E-state index in [9.17, 15) is 19.2 Å². The number of allylic oxidation sites excluding steroid dienone is 1. The lowest BCUT2D eigenvalue weighted by atomic mass is 9.89. The average Bonchev–Trinajstić information content (AvgIpc) is 2.67. The van der Waals surface area contributed by atoms with Crippen molar-refractivity contribution < 1.29 is 33.4 Å². The van der Waals surface area contributed by atoms with Gasteiger partial charge in [-0.2, -0.15) is 0 Å². The molecule has 1 amide bonds. The van der Waals surface area contributed by atoms with Crippen molar-refractivity contribution in [1.29, 1.82) is 0 Å². The quantitative estimate of drug-likeness (QED) is 0.280. The predicted molar refractivity (Wildman–Crippen MR) is 101 cm³/mol. The number of hydrogen-bond donors (Lipinski definition) is 1. The highest BCUT2D eigenvalue weighted by atomic mass is 16.6. The molecule has 0 unspecified atom stereocenters. The number of rotatable bonds is 10. The van der Waals surface area contributed by atoms with Gasteiger partial charge in [0.15, 0.2) is 5.78 Å². The van der Waals surface area contributed by atoms with Crippen LogP contribution in [0.3, 0.4) is 0 Å². The van der Waals surface area contributed by atoms with Crippen LogP contribution in [0.4, 0.5) is 0 Å². The number of ketones is 1. The third-order valence-corrected chi connectivity index (χ3v) is 3.72. The molecule has 8 heteroatoms. The van der Waals surface area contributed by atoms with Crippen LogP contribution in [0, 0.1) is 0 Å². The Labute approximate surface area is 163 Å². The molecule has 8 nitrogen and oxygen atoms in total. The number of methoxy groups -OCH3 is 1. The first-order valence-electron chi connectivity index (χ1n) is 8.81. The van der Waals surface area contributed by atoms with E-state index in [4.69, 9.17) is 14.2 Å². The molecule has 0 saturated carbocycles. The van der Waals surface area contributed by atoms with E-state index in [-0.39, 0.29) is 18.8 Å². The van der Waals surface area contributed by atoms with Crippen molar-refractivity contribution in [2.24, 2.45) is 0 Å². The van der Waals surface area contributed by atoms with E-state index in [0.717, 1.165) is 6.08 Å². The summed E-state index contributed by atoms with van der Waals surface area (Å²) >= 11 is 0. The maximum atomic E-state index is 12.8. The molecular formula is C20H25NO7. The molecule has 0 aliphatic rings. The van der Waals surface area contributed by atoms with E-state index in [1.165, 1.54) is 25.3 Å². The molecule has 1 aromatic rings. The van der Waals surface area contributed by atoms with Gasteiger partial charge in [-0.1, -0.05) is 18.2 Å². The monoisotopic (exact) mass is 391 g/mol. The van der Waals surface area contributed by atoms with E-state index in [1.807, 2.05) is 0 Å². The Hall–Kier alpha value is -3.16. The first-order valence-corrected chi connectivity index (χ1v) is 8.81. The molecule has 28 heavy (non-hydrogen) atoms. The molecule has 0 aliphatic carbocycles. The first kappa shape index (κ1) is 22.9. The summed E-state index contributed by atoms with van der Waals surface area (Å²) in [4.78, 5) is 50.3.